The average Bonchev–Trinajstić information content (AvgIpc) is 2.79. The van der Waals surface area contributed by atoms with Crippen LogP contribution in [0.2, 0.25) is 5.02 Å². The molecule has 92 valence electrons. The van der Waals surface area contributed by atoms with Crippen LogP contribution in [0.25, 0.3) is 0 Å². The lowest BCUT2D eigenvalue weighted by atomic mass is 10.3. The minimum absolute atomic E-state index is 0.0758. The molecule has 2 rings (SSSR count). The largest absolute Gasteiger partial charge is 0.444 e. The predicted octanol–water partition coefficient (Wildman–Crippen LogP) is 2.26. The summed E-state index contributed by atoms with van der Waals surface area (Å²) in [5, 5.41) is 3.10. The van der Waals surface area contributed by atoms with Crippen LogP contribution in [0.1, 0.15) is 0 Å². The first-order valence-corrected chi connectivity index (χ1v) is 5.54. The first kappa shape index (κ1) is 12.2. The van der Waals surface area contributed by atoms with Gasteiger partial charge in [0.15, 0.2) is 6.29 Å². The fourth-order valence-corrected chi connectivity index (χ4v) is 1.56. The lowest BCUT2D eigenvalue weighted by Gasteiger charge is -2.10. The maximum Gasteiger partial charge on any atom is 0.411 e. The molecule has 0 unspecified atom stereocenters. The van der Waals surface area contributed by atoms with Crippen LogP contribution in [0.15, 0.2) is 24.3 Å². The van der Waals surface area contributed by atoms with Crippen molar-refractivity contribution in [2.45, 2.75) is 6.29 Å². The molecule has 0 saturated carbocycles. The molecule has 1 aromatic carbocycles. The maximum atomic E-state index is 11.4. The fraction of sp³-hybridized carbons (Fsp3) is 0.364. The Morgan fingerprint density at radius 3 is 2.94 bits per heavy atom. The molecule has 5 nitrogen and oxygen atoms in total. The zero-order chi connectivity index (χ0) is 12.1. The molecule has 0 aromatic heterocycles. The molecule has 0 spiro atoms. The molecule has 0 atom stereocenters. The molecule has 1 heterocycles. The maximum absolute atomic E-state index is 11.4. The van der Waals surface area contributed by atoms with Gasteiger partial charge in [0.05, 0.1) is 13.2 Å². The molecule has 1 amide bonds. The van der Waals surface area contributed by atoms with E-state index in [0.29, 0.717) is 23.9 Å². The first-order valence-electron chi connectivity index (χ1n) is 5.16. The van der Waals surface area contributed by atoms with Crippen LogP contribution in [0.5, 0.6) is 0 Å². The highest BCUT2D eigenvalue weighted by Crippen LogP contribution is 2.15. The quantitative estimate of drug-likeness (QED) is 0.902. The number of ether oxygens (including phenoxy) is 3. The topological polar surface area (TPSA) is 56.8 Å². The van der Waals surface area contributed by atoms with E-state index in [4.69, 9.17) is 25.8 Å². The summed E-state index contributed by atoms with van der Waals surface area (Å²) < 4.78 is 15.2. The van der Waals surface area contributed by atoms with Gasteiger partial charge in [-0.1, -0.05) is 17.7 Å². The Labute approximate surface area is 104 Å². The van der Waals surface area contributed by atoms with E-state index in [1.54, 1.807) is 24.3 Å². The molecular formula is C11H12ClNO4. The van der Waals surface area contributed by atoms with E-state index in [9.17, 15) is 4.79 Å². The highest BCUT2D eigenvalue weighted by molar-refractivity contribution is 6.30. The summed E-state index contributed by atoms with van der Waals surface area (Å²) in [4.78, 5) is 11.4. The fourth-order valence-electron chi connectivity index (χ4n) is 1.37. The Morgan fingerprint density at radius 2 is 2.24 bits per heavy atom. The Bertz CT molecular complexity index is 393. The third-order valence-corrected chi connectivity index (χ3v) is 2.35. The third kappa shape index (κ3) is 3.89. The molecular weight excluding hydrogens is 246 g/mol. The molecule has 0 radical (unpaired) electrons. The Hall–Kier alpha value is -1.30. The highest BCUT2D eigenvalue weighted by atomic mass is 35.5. The van der Waals surface area contributed by atoms with Crippen molar-refractivity contribution in [3.05, 3.63) is 29.3 Å². The molecule has 1 aliphatic rings. The summed E-state index contributed by atoms with van der Waals surface area (Å²) in [6.45, 7) is 1.14. The number of nitrogens with one attached hydrogen (secondary N) is 1. The van der Waals surface area contributed by atoms with Gasteiger partial charge in [0.2, 0.25) is 0 Å². The van der Waals surface area contributed by atoms with Crippen molar-refractivity contribution in [2.75, 3.05) is 25.1 Å². The van der Waals surface area contributed by atoms with Gasteiger partial charge in [0.1, 0.15) is 6.61 Å². The summed E-state index contributed by atoms with van der Waals surface area (Å²) in [7, 11) is 0. The van der Waals surface area contributed by atoms with Crippen LogP contribution in [0.4, 0.5) is 10.5 Å². The summed E-state index contributed by atoms with van der Waals surface area (Å²) in [6, 6.07) is 6.81. The lowest BCUT2D eigenvalue weighted by Crippen LogP contribution is -2.22. The molecule has 17 heavy (non-hydrogen) atoms. The predicted molar refractivity (Wildman–Crippen MR) is 62.1 cm³/mol. The number of benzene rings is 1. The van der Waals surface area contributed by atoms with E-state index in [0.717, 1.165) is 0 Å². The number of hydrogen-bond acceptors (Lipinski definition) is 4. The number of rotatable bonds is 3. The minimum atomic E-state index is -0.564. The van der Waals surface area contributed by atoms with Gasteiger partial charge in [0, 0.05) is 10.7 Å². The van der Waals surface area contributed by atoms with Gasteiger partial charge in [-0.05, 0) is 18.2 Å². The number of carbonyl (C=O) groups excluding carboxylic acids is 1. The van der Waals surface area contributed by atoms with Gasteiger partial charge in [-0.3, -0.25) is 5.32 Å². The summed E-state index contributed by atoms with van der Waals surface area (Å²) >= 11 is 5.78. The summed E-state index contributed by atoms with van der Waals surface area (Å²) in [6.07, 6.45) is -1.02. The zero-order valence-electron chi connectivity index (χ0n) is 9.02. The van der Waals surface area contributed by atoms with Gasteiger partial charge in [-0.15, -0.1) is 0 Å². The van der Waals surface area contributed by atoms with Gasteiger partial charge < -0.3 is 14.2 Å². The Balaban J connectivity index is 1.76. The lowest BCUT2D eigenvalue weighted by molar-refractivity contribution is -0.0759. The van der Waals surface area contributed by atoms with Crippen LogP contribution in [-0.2, 0) is 14.2 Å². The van der Waals surface area contributed by atoms with Crippen LogP contribution in [-0.4, -0.2) is 32.2 Å². The van der Waals surface area contributed by atoms with Crippen LogP contribution in [0, 0.1) is 0 Å². The van der Waals surface area contributed by atoms with E-state index < -0.39 is 12.4 Å². The highest BCUT2D eigenvalue weighted by Gasteiger charge is 2.17. The van der Waals surface area contributed by atoms with Crippen molar-refractivity contribution in [3.63, 3.8) is 0 Å². The van der Waals surface area contributed by atoms with Gasteiger partial charge >= 0.3 is 6.09 Å². The second-order valence-corrected chi connectivity index (χ2v) is 3.84. The summed E-state index contributed by atoms with van der Waals surface area (Å²) in [5.74, 6) is 0. The molecule has 1 saturated heterocycles. The van der Waals surface area contributed by atoms with Crippen molar-refractivity contribution < 1.29 is 19.0 Å². The Kier molecular flexibility index (Phi) is 4.19. The Morgan fingerprint density at radius 1 is 1.47 bits per heavy atom. The smallest absolute Gasteiger partial charge is 0.411 e. The monoisotopic (exact) mass is 257 g/mol. The SMILES string of the molecule is O=C(Nc1cccc(Cl)c1)OCC1OCCO1. The molecule has 0 bridgehead atoms. The number of amides is 1. The number of hydrogen-bond donors (Lipinski definition) is 1. The van der Waals surface area contributed by atoms with E-state index in [-0.39, 0.29) is 6.61 Å². The second kappa shape index (κ2) is 5.86. The zero-order valence-corrected chi connectivity index (χ0v) is 9.77. The van der Waals surface area contributed by atoms with E-state index in [2.05, 4.69) is 5.32 Å². The van der Waals surface area contributed by atoms with E-state index >= 15 is 0 Å². The van der Waals surface area contributed by atoms with Crippen LogP contribution in [0.3, 0.4) is 0 Å². The van der Waals surface area contributed by atoms with E-state index in [1.807, 2.05) is 0 Å². The van der Waals surface area contributed by atoms with E-state index in [1.165, 1.54) is 0 Å². The second-order valence-electron chi connectivity index (χ2n) is 3.40. The third-order valence-electron chi connectivity index (χ3n) is 2.11. The summed E-state index contributed by atoms with van der Waals surface area (Å²) in [5.41, 5.74) is 0.579. The van der Waals surface area contributed by atoms with Crippen molar-refractivity contribution in [3.8, 4) is 0 Å². The molecule has 1 N–H and O–H groups in total. The number of anilines is 1. The standard InChI is InChI=1S/C11H12ClNO4/c12-8-2-1-3-9(6-8)13-11(14)17-7-10-15-4-5-16-10/h1-3,6,10H,4-5,7H2,(H,13,14). The number of halogens is 1. The van der Waals surface area contributed by atoms with Gasteiger partial charge in [-0.2, -0.15) is 0 Å². The van der Waals surface area contributed by atoms with Crippen molar-refractivity contribution >= 4 is 23.4 Å². The van der Waals surface area contributed by atoms with Crippen molar-refractivity contribution in [1.29, 1.82) is 0 Å². The molecule has 1 aliphatic heterocycles. The molecule has 1 fully saturated rings. The molecule has 0 aliphatic carbocycles. The molecule has 6 heteroatoms. The van der Waals surface area contributed by atoms with Crippen LogP contribution >= 0.6 is 11.6 Å². The number of carbonyl (C=O) groups is 1. The first-order chi connectivity index (χ1) is 8.24. The molecule has 1 aromatic rings. The normalized spacial score (nSPS) is 15.8. The van der Waals surface area contributed by atoms with Crippen LogP contribution < -0.4 is 5.32 Å². The van der Waals surface area contributed by atoms with Gasteiger partial charge in [0.25, 0.3) is 0 Å². The van der Waals surface area contributed by atoms with Crippen molar-refractivity contribution in [1.82, 2.24) is 0 Å². The van der Waals surface area contributed by atoms with Crippen molar-refractivity contribution in [2.24, 2.45) is 0 Å². The van der Waals surface area contributed by atoms with Gasteiger partial charge in [-0.25, -0.2) is 4.79 Å². The minimum Gasteiger partial charge on any atom is -0.444 e. The average molecular weight is 258 g/mol.